The van der Waals surface area contributed by atoms with Crippen LogP contribution in [0.4, 0.5) is 0 Å². The van der Waals surface area contributed by atoms with Gasteiger partial charge in [0.1, 0.15) is 5.78 Å². The molecule has 0 amide bonds. The van der Waals surface area contributed by atoms with Crippen molar-refractivity contribution >= 4 is 5.78 Å². The molecule has 0 spiro atoms. The van der Waals surface area contributed by atoms with Crippen LogP contribution in [-0.2, 0) is 4.79 Å². The Morgan fingerprint density at radius 3 is 2.35 bits per heavy atom. The fourth-order valence-electron chi connectivity index (χ4n) is 5.13. The molecule has 3 fully saturated rings. The molecule has 2 atom stereocenters. The molecule has 0 heterocycles. The van der Waals surface area contributed by atoms with Crippen LogP contribution in [0, 0.1) is 22.7 Å². The maximum absolute atomic E-state index is 12.4. The fraction of sp³-hybridized carbons (Fsp3) is 0.938. The van der Waals surface area contributed by atoms with Crippen molar-refractivity contribution < 1.29 is 4.79 Å². The summed E-state index contributed by atoms with van der Waals surface area (Å²) >= 11 is 0. The summed E-state index contributed by atoms with van der Waals surface area (Å²) < 4.78 is 0. The van der Waals surface area contributed by atoms with Crippen molar-refractivity contribution in [2.45, 2.75) is 71.6 Å². The van der Waals surface area contributed by atoms with Crippen LogP contribution in [0.5, 0.6) is 0 Å². The largest absolute Gasteiger partial charge is 0.299 e. The van der Waals surface area contributed by atoms with E-state index in [2.05, 4.69) is 13.8 Å². The fourth-order valence-corrected chi connectivity index (χ4v) is 5.13. The molecule has 0 aromatic carbocycles. The molecule has 0 aromatic heterocycles. The molecule has 0 N–H and O–H groups in total. The predicted molar refractivity (Wildman–Crippen MR) is 69.8 cm³/mol. The second-order valence-corrected chi connectivity index (χ2v) is 7.37. The number of rotatable bonds is 2. The summed E-state index contributed by atoms with van der Waals surface area (Å²) in [4.78, 5) is 12.4. The number of fused-ring (bicyclic) bond motifs is 2. The molecule has 1 heteroatoms. The van der Waals surface area contributed by atoms with Crippen LogP contribution in [0.15, 0.2) is 0 Å². The molecule has 0 radical (unpaired) electrons. The maximum atomic E-state index is 12.4. The Kier molecular flexibility index (Phi) is 2.65. The molecule has 2 bridgehead atoms. The zero-order valence-corrected chi connectivity index (χ0v) is 11.4. The molecule has 0 aliphatic heterocycles. The summed E-state index contributed by atoms with van der Waals surface area (Å²) in [5.41, 5.74) is 0.376. The molecule has 0 aromatic rings. The zero-order chi connectivity index (χ0) is 12.1. The average molecular weight is 234 g/mol. The summed E-state index contributed by atoms with van der Waals surface area (Å²) in [6.07, 6.45) is 11.6. The van der Waals surface area contributed by atoms with Gasteiger partial charge in [0, 0.05) is 11.8 Å². The SMILES string of the molecule is CC1(C)C2CCC1(CC1CCCCC1)C(=O)C2. The van der Waals surface area contributed by atoms with Crippen molar-refractivity contribution in [1.82, 2.24) is 0 Å². The number of carbonyl (C=O) groups excluding carboxylic acids is 1. The molecule has 1 nitrogen and oxygen atoms in total. The van der Waals surface area contributed by atoms with E-state index in [9.17, 15) is 4.79 Å². The number of Topliss-reactive ketones (excluding diaryl/α,β-unsaturated/α-hetero) is 1. The van der Waals surface area contributed by atoms with Crippen molar-refractivity contribution in [1.29, 1.82) is 0 Å². The van der Waals surface area contributed by atoms with E-state index in [0.717, 1.165) is 12.3 Å². The summed E-state index contributed by atoms with van der Waals surface area (Å²) in [6, 6.07) is 0. The first kappa shape index (κ1) is 11.7. The van der Waals surface area contributed by atoms with Crippen LogP contribution >= 0.6 is 0 Å². The molecular weight excluding hydrogens is 208 g/mol. The van der Waals surface area contributed by atoms with E-state index in [-0.39, 0.29) is 5.41 Å². The minimum Gasteiger partial charge on any atom is -0.299 e. The third-order valence-electron chi connectivity index (χ3n) is 6.50. The number of hydrogen-bond acceptors (Lipinski definition) is 1. The minimum absolute atomic E-state index is 0.0830. The molecule has 17 heavy (non-hydrogen) atoms. The van der Waals surface area contributed by atoms with E-state index in [1.54, 1.807) is 0 Å². The highest BCUT2D eigenvalue weighted by molar-refractivity contribution is 5.89. The molecular formula is C16H26O. The Hall–Kier alpha value is -0.330. The van der Waals surface area contributed by atoms with Crippen LogP contribution in [0.2, 0.25) is 0 Å². The highest BCUT2D eigenvalue weighted by atomic mass is 16.1. The van der Waals surface area contributed by atoms with E-state index in [1.165, 1.54) is 51.4 Å². The number of ketones is 1. The smallest absolute Gasteiger partial charge is 0.139 e. The number of carbonyl (C=O) groups is 1. The third kappa shape index (κ3) is 1.54. The quantitative estimate of drug-likeness (QED) is 0.694. The number of hydrogen-bond donors (Lipinski definition) is 0. The zero-order valence-electron chi connectivity index (χ0n) is 11.4. The minimum atomic E-state index is 0.0830. The van der Waals surface area contributed by atoms with E-state index in [0.29, 0.717) is 17.1 Å². The van der Waals surface area contributed by atoms with Crippen molar-refractivity contribution in [2.24, 2.45) is 22.7 Å². The highest BCUT2D eigenvalue weighted by Crippen LogP contribution is 2.66. The standard InChI is InChI=1S/C16H26O/c1-15(2)13-8-9-16(15,14(17)10-13)11-12-6-4-3-5-7-12/h12-13H,3-11H2,1-2H3. The van der Waals surface area contributed by atoms with E-state index in [1.807, 2.05) is 0 Å². The normalized spacial score (nSPS) is 41.1. The van der Waals surface area contributed by atoms with Crippen LogP contribution in [-0.4, -0.2) is 5.78 Å². The molecule has 3 saturated carbocycles. The molecule has 96 valence electrons. The van der Waals surface area contributed by atoms with Crippen LogP contribution in [0.25, 0.3) is 0 Å². The Morgan fingerprint density at radius 2 is 1.82 bits per heavy atom. The van der Waals surface area contributed by atoms with Crippen LogP contribution in [0.1, 0.15) is 71.6 Å². The topological polar surface area (TPSA) is 17.1 Å². The van der Waals surface area contributed by atoms with Crippen molar-refractivity contribution in [3.05, 3.63) is 0 Å². The second-order valence-electron chi connectivity index (χ2n) is 7.37. The molecule has 0 saturated heterocycles. The lowest BCUT2D eigenvalue weighted by Crippen LogP contribution is -2.38. The first-order chi connectivity index (χ1) is 8.06. The Labute approximate surface area is 105 Å². The second kappa shape index (κ2) is 3.83. The molecule has 3 aliphatic rings. The first-order valence-corrected chi connectivity index (χ1v) is 7.59. The lowest BCUT2D eigenvalue weighted by atomic mass is 9.63. The van der Waals surface area contributed by atoms with Gasteiger partial charge in [-0.15, -0.1) is 0 Å². The van der Waals surface area contributed by atoms with Gasteiger partial charge in [0.25, 0.3) is 0 Å². The van der Waals surface area contributed by atoms with E-state index >= 15 is 0 Å². The Bertz CT molecular complexity index is 324. The summed E-state index contributed by atoms with van der Waals surface area (Å²) in [6.45, 7) is 4.75. The summed E-state index contributed by atoms with van der Waals surface area (Å²) in [5, 5.41) is 0. The van der Waals surface area contributed by atoms with Gasteiger partial charge in [-0.25, -0.2) is 0 Å². The van der Waals surface area contributed by atoms with Crippen molar-refractivity contribution in [3.63, 3.8) is 0 Å². The van der Waals surface area contributed by atoms with Gasteiger partial charge >= 0.3 is 0 Å². The van der Waals surface area contributed by atoms with Gasteiger partial charge < -0.3 is 0 Å². The lowest BCUT2D eigenvalue weighted by Gasteiger charge is -2.40. The maximum Gasteiger partial charge on any atom is 0.139 e. The summed E-state index contributed by atoms with van der Waals surface area (Å²) in [7, 11) is 0. The lowest BCUT2D eigenvalue weighted by molar-refractivity contribution is -0.131. The van der Waals surface area contributed by atoms with Gasteiger partial charge in [-0.2, -0.15) is 0 Å². The monoisotopic (exact) mass is 234 g/mol. The Balaban J connectivity index is 1.81. The van der Waals surface area contributed by atoms with Crippen molar-refractivity contribution in [2.75, 3.05) is 0 Å². The van der Waals surface area contributed by atoms with Crippen LogP contribution < -0.4 is 0 Å². The van der Waals surface area contributed by atoms with Crippen molar-refractivity contribution in [3.8, 4) is 0 Å². The van der Waals surface area contributed by atoms with E-state index < -0.39 is 0 Å². The molecule has 3 aliphatic carbocycles. The van der Waals surface area contributed by atoms with Crippen LogP contribution in [0.3, 0.4) is 0 Å². The van der Waals surface area contributed by atoms with Gasteiger partial charge in [-0.05, 0) is 36.5 Å². The third-order valence-corrected chi connectivity index (χ3v) is 6.50. The van der Waals surface area contributed by atoms with Gasteiger partial charge in [-0.1, -0.05) is 46.0 Å². The van der Waals surface area contributed by atoms with Gasteiger partial charge in [0.05, 0.1) is 0 Å². The van der Waals surface area contributed by atoms with Gasteiger partial charge in [0.15, 0.2) is 0 Å². The molecule has 3 rings (SSSR count). The highest BCUT2D eigenvalue weighted by Gasteiger charge is 2.63. The average Bonchev–Trinajstić information content (AvgIpc) is 2.64. The summed E-state index contributed by atoms with van der Waals surface area (Å²) in [5.74, 6) is 2.16. The Morgan fingerprint density at radius 1 is 1.12 bits per heavy atom. The first-order valence-electron chi connectivity index (χ1n) is 7.59. The van der Waals surface area contributed by atoms with E-state index in [4.69, 9.17) is 0 Å². The predicted octanol–water partition coefficient (Wildman–Crippen LogP) is 4.35. The molecule has 2 unspecified atom stereocenters. The van der Waals surface area contributed by atoms with Gasteiger partial charge in [-0.3, -0.25) is 4.79 Å². The van der Waals surface area contributed by atoms with Gasteiger partial charge in [0.2, 0.25) is 0 Å².